The highest BCUT2D eigenvalue weighted by atomic mass is 16.5. The molecule has 5 heteroatoms. The van der Waals surface area contributed by atoms with E-state index in [1.807, 2.05) is 6.92 Å². The number of esters is 1. The first kappa shape index (κ1) is 14.6. The highest BCUT2D eigenvalue weighted by molar-refractivity contribution is 5.79. The molecule has 0 aliphatic heterocycles. The van der Waals surface area contributed by atoms with E-state index in [9.17, 15) is 14.7 Å². The number of carbonyl (C=O) groups excluding carboxylic acids is 2. The second-order valence-electron chi connectivity index (χ2n) is 3.22. The van der Waals surface area contributed by atoms with Crippen LogP contribution in [0.15, 0.2) is 12.2 Å². The van der Waals surface area contributed by atoms with Crippen LogP contribution in [0, 0.1) is 0 Å². The normalized spacial score (nSPS) is 14.4. The molecule has 0 aliphatic carbocycles. The van der Waals surface area contributed by atoms with Gasteiger partial charge in [0.05, 0.1) is 6.61 Å². The topological polar surface area (TPSA) is 75.6 Å². The minimum atomic E-state index is -1.06. The second-order valence-corrected chi connectivity index (χ2v) is 3.22. The monoisotopic (exact) mass is 229 g/mol. The third-order valence-electron chi connectivity index (χ3n) is 1.92. The molecule has 0 aromatic rings. The number of amides is 1. The Balaban J connectivity index is 4.38. The van der Waals surface area contributed by atoms with E-state index in [2.05, 4.69) is 5.32 Å². The van der Waals surface area contributed by atoms with Gasteiger partial charge in [-0.2, -0.15) is 0 Å². The smallest absolute Gasteiger partial charge is 0.331 e. The Morgan fingerprint density at radius 1 is 1.50 bits per heavy atom. The van der Waals surface area contributed by atoms with Gasteiger partial charge in [0.15, 0.2) is 6.04 Å². The van der Waals surface area contributed by atoms with Crippen molar-refractivity contribution < 1.29 is 19.4 Å². The lowest BCUT2D eigenvalue weighted by Gasteiger charge is -2.17. The molecule has 0 aliphatic rings. The van der Waals surface area contributed by atoms with Gasteiger partial charge in [0, 0.05) is 0 Å². The van der Waals surface area contributed by atoms with Crippen LogP contribution in [0.4, 0.5) is 0 Å². The molecule has 2 atom stereocenters. The van der Waals surface area contributed by atoms with E-state index in [4.69, 9.17) is 4.74 Å². The Kier molecular flexibility index (Phi) is 8.15. The van der Waals surface area contributed by atoms with Gasteiger partial charge in [-0.15, -0.1) is 0 Å². The van der Waals surface area contributed by atoms with Gasteiger partial charge in [-0.05, 0) is 13.3 Å². The summed E-state index contributed by atoms with van der Waals surface area (Å²) < 4.78 is 4.73. The largest absolute Gasteiger partial charge is 0.464 e. The van der Waals surface area contributed by atoms with Crippen LogP contribution in [0.25, 0.3) is 0 Å². The summed E-state index contributed by atoms with van der Waals surface area (Å²) in [7, 11) is 0. The first-order valence-corrected chi connectivity index (χ1v) is 5.38. The van der Waals surface area contributed by atoms with Gasteiger partial charge in [0.1, 0.15) is 6.10 Å². The fraction of sp³-hybridized carbons (Fsp3) is 0.636. The number of allylic oxidation sites excluding steroid dienone is 1. The van der Waals surface area contributed by atoms with Crippen LogP contribution in [-0.2, 0) is 14.3 Å². The predicted octanol–water partition coefficient (Wildman–Crippen LogP) is 0.381. The summed E-state index contributed by atoms with van der Waals surface area (Å²) in [6, 6.07) is -1.04. The maximum Gasteiger partial charge on any atom is 0.331 e. The van der Waals surface area contributed by atoms with E-state index in [1.165, 1.54) is 6.08 Å². The average Bonchev–Trinajstić information content (AvgIpc) is 2.26. The number of aliphatic hydroxyl groups is 1. The molecule has 0 fully saturated rings. The minimum absolute atomic E-state index is 0.210. The lowest BCUT2D eigenvalue weighted by Crippen LogP contribution is -2.45. The van der Waals surface area contributed by atoms with Crippen LogP contribution < -0.4 is 5.32 Å². The molecule has 1 amide bonds. The molecular formula is C11H19NO4. The molecule has 0 rings (SSSR count). The van der Waals surface area contributed by atoms with Crippen LogP contribution in [0.2, 0.25) is 0 Å². The van der Waals surface area contributed by atoms with E-state index >= 15 is 0 Å². The van der Waals surface area contributed by atoms with E-state index in [1.54, 1.807) is 13.0 Å². The molecule has 0 aromatic heterocycles. The van der Waals surface area contributed by atoms with Gasteiger partial charge < -0.3 is 15.2 Å². The maximum absolute atomic E-state index is 11.4. The van der Waals surface area contributed by atoms with Crippen molar-refractivity contribution in [1.82, 2.24) is 5.32 Å². The molecule has 0 radical (unpaired) electrons. The summed E-state index contributed by atoms with van der Waals surface area (Å²) in [5.41, 5.74) is 0. The SMILES string of the molecule is CCC/C=C/C(O)C(NC=O)C(=O)OCC. The molecule has 0 aromatic carbocycles. The van der Waals surface area contributed by atoms with Crippen molar-refractivity contribution in [3.8, 4) is 0 Å². The number of aliphatic hydroxyl groups excluding tert-OH is 1. The number of carbonyl (C=O) groups is 2. The van der Waals surface area contributed by atoms with Crippen molar-refractivity contribution in [3.05, 3.63) is 12.2 Å². The van der Waals surface area contributed by atoms with Crippen molar-refractivity contribution >= 4 is 12.4 Å². The summed E-state index contributed by atoms with van der Waals surface area (Å²) in [4.78, 5) is 21.7. The van der Waals surface area contributed by atoms with Crippen molar-refractivity contribution in [1.29, 1.82) is 0 Å². The fourth-order valence-electron chi connectivity index (χ4n) is 1.12. The molecule has 16 heavy (non-hydrogen) atoms. The van der Waals surface area contributed by atoms with E-state index in [0.717, 1.165) is 12.8 Å². The lowest BCUT2D eigenvalue weighted by atomic mass is 10.1. The van der Waals surface area contributed by atoms with Crippen molar-refractivity contribution in [2.45, 2.75) is 38.8 Å². The first-order chi connectivity index (χ1) is 7.67. The molecule has 2 unspecified atom stereocenters. The quantitative estimate of drug-likeness (QED) is 0.358. The van der Waals surface area contributed by atoms with Gasteiger partial charge in [0.2, 0.25) is 6.41 Å². The minimum Gasteiger partial charge on any atom is -0.464 e. The predicted molar refractivity (Wildman–Crippen MR) is 59.7 cm³/mol. The Morgan fingerprint density at radius 3 is 2.69 bits per heavy atom. The third kappa shape index (κ3) is 5.50. The molecule has 0 bridgehead atoms. The summed E-state index contributed by atoms with van der Waals surface area (Å²) in [6.45, 7) is 3.87. The zero-order valence-electron chi connectivity index (χ0n) is 9.68. The van der Waals surface area contributed by atoms with E-state index in [0.29, 0.717) is 6.41 Å². The fourth-order valence-corrected chi connectivity index (χ4v) is 1.12. The molecule has 2 N–H and O–H groups in total. The number of ether oxygens (including phenoxy) is 1. The third-order valence-corrected chi connectivity index (χ3v) is 1.92. The van der Waals surface area contributed by atoms with Gasteiger partial charge in [0.25, 0.3) is 0 Å². The Labute approximate surface area is 95.5 Å². The van der Waals surface area contributed by atoms with Crippen molar-refractivity contribution in [2.75, 3.05) is 6.61 Å². The average molecular weight is 229 g/mol. The highest BCUT2D eigenvalue weighted by Crippen LogP contribution is 2.00. The van der Waals surface area contributed by atoms with Gasteiger partial charge in [-0.25, -0.2) is 4.79 Å². The summed E-state index contributed by atoms with van der Waals surface area (Å²) in [5, 5.41) is 11.9. The van der Waals surface area contributed by atoms with E-state index in [-0.39, 0.29) is 6.61 Å². The van der Waals surface area contributed by atoms with E-state index < -0.39 is 18.1 Å². The highest BCUT2D eigenvalue weighted by Gasteiger charge is 2.25. The van der Waals surface area contributed by atoms with Gasteiger partial charge in [-0.1, -0.05) is 25.5 Å². The molecule has 0 saturated heterocycles. The number of hydrogen-bond donors (Lipinski definition) is 2. The van der Waals surface area contributed by atoms with Gasteiger partial charge in [-0.3, -0.25) is 4.79 Å². The van der Waals surface area contributed by atoms with Crippen LogP contribution in [0.1, 0.15) is 26.7 Å². The van der Waals surface area contributed by atoms with Crippen LogP contribution in [-0.4, -0.2) is 36.2 Å². The number of hydrogen-bond acceptors (Lipinski definition) is 4. The zero-order valence-corrected chi connectivity index (χ0v) is 9.68. The lowest BCUT2D eigenvalue weighted by molar-refractivity contribution is -0.148. The zero-order chi connectivity index (χ0) is 12.4. The first-order valence-electron chi connectivity index (χ1n) is 5.38. The Hall–Kier alpha value is -1.36. The van der Waals surface area contributed by atoms with Crippen LogP contribution in [0.3, 0.4) is 0 Å². The number of nitrogens with one attached hydrogen (secondary N) is 1. The molecule has 0 saturated carbocycles. The van der Waals surface area contributed by atoms with Crippen LogP contribution in [0.5, 0.6) is 0 Å². The van der Waals surface area contributed by atoms with Crippen molar-refractivity contribution in [2.24, 2.45) is 0 Å². The molecular weight excluding hydrogens is 210 g/mol. The molecule has 0 heterocycles. The number of rotatable bonds is 8. The maximum atomic E-state index is 11.4. The summed E-state index contributed by atoms with van der Waals surface area (Å²) >= 11 is 0. The molecule has 92 valence electrons. The van der Waals surface area contributed by atoms with Crippen molar-refractivity contribution in [3.63, 3.8) is 0 Å². The summed E-state index contributed by atoms with van der Waals surface area (Å²) in [5.74, 6) is -0.636. The number of unbranched alkanes of at least 4 members (excludes halogenated alkanes) is 1. The Morgan fingerprint density at radius 2 is 2.19 bits per heavy atom. The van der Waals surface area contributed by atoms with Crippen LogP contribution >= 0.6 is 0 Å². The standard InChI is InChI=1S/C11H19NO4/c1-3-5-6-7-9(14)10(12-8-13)11(15)16-4-2/h6-10,14H,3-5H2,1-2H3,(H,12,13)/b7-6+. The Bertz CT molecular complexity index is 240. The molecule has 0 spiro atoms. The molecule has 5 nitrogen and oxygen atoms in total. The summed E-state index contributed by atoms with van der Waals surface area (Å²) in [6.07, 6.45) is 4.33. The second kappa shape index (κ2) is 8.91. The van der Waals surface area contributed by atoms with Gasteiger partial charge >= 0.3 is 5.97 Å².